The molecule has 0 aromatic heterocycles. The number of carbonyl (C=O) groups is 3. The van der Waals surface area contributed by atoms with Gasteiger partial charge in [-0.2, -0.15) is 0 Å². The summed E-state index contributed by atoms with van der Waals surface area (Å²) in [5.41, 5.74) is 29.7. The zero-order valence-corrected chi connectivity index (χ0v) is 31.4. The van der Waals surface area contributed by atoms with Gasteiger partial charge in [0.15, 0.2) is 29.3 Å². The molecular weight excluding hydrogens is 778 g/mol. The summed E-state index contributed by atoms with van der Waals surface area (Å²) in [6.45, 7) is -1.15. The molecule has 3 aliphatic heterocycles. The van der Waals surface area contributed by atoms with Crippen molar-refractivity contribution in [1.82, 2.24) is 0 Å². The molecule has 22 heteroatoms. The molecule has 59 heavy (non-hydrogen) atoms. The highest BCUT2D eigenvalue weighted by molar-refractivity contribution is 5.79. The monoisotopic (exact) mass is 813 g/mol. The maximum absolute atomic E-state index is 13.8. The Morgan fingerprint density at radius 1 is 0.898 bits per heavy atom. The number of rotatable bonds is 14. The van der Waals surface area contributed by atoms with Crippen molar-refractivity contribution in [2.24, 2.45) is 27.2 Å². The SMILES string of the molecule is COc1cc([C@@H]2c3cc4c(cc3[C@@H](O[C@H]3C[C@H](N=[N+]=[N-])[C@H](OC(=O)CN=[N+]=[N-])[C@@H](CN=[N+]=[N-])O3)[C@H]3COC(=O)[C@H]23)OCO4)cc(OC)c1OC(=O)OCc1ccccc1. The summed E-state index contributed by atoms with van der Waals surface area (Å²) in [5, 5.41) is 10.6. The molecular formula is C37H35N9O13. The molecule has 2 saturated heterocycles. The van der Waals surface area contributed by atoms with Crippen molar-refractivity contribution < 1.29 is 61.8 Å². The average Bonchev–Trinajstić information content (AvgIpc) is 3.88. The van der Waals surface area contributed by atoms with Crippen molar-refractivity contribution in [1.29, 1.82) is 0 Å². The molecule has 2 fully saturated rings. The van der Waals surface area contributed by atoms with Gasteiger partial charge in [0.2, 0.25) is 12.5 Å². The number of nitrogens with zero attached hydrogens (tertiary/aromatic N) is 9. The standard InChI is InChI=1S/C37H35N9O13/c1-50-26-8-19(9-27(51-2)35(26)59-37(49)53-15-18-6-4-3-5-7-18)31-20-10-24-25(55-17-54-24)11-21(20)33(22-16-52-36(48)32(22)31)58-30-12-23(43-46-40)34(28(56-30)13-41-44-38)57-29(47)14-42-45-39/h3-11,22-23,28,30-34H,12-17H2,1-2H3/t22-,23-,28+,30-,31+,32-,33+,34-/m0/s1. The summed E-state index contributed by atoms with van der Waals surface area (Å²) in [6.07, 6.45) is -5.59. The van der Waals surface area contributed by atoms with Gasteiger partial charge >= 0.3 is 18.1 Å². The van der Waals surface area contributed by atoms with Crippen LogP contribution in [0.15, 0.2) is 69.9 Å². The van der Waals surface area contributed by atoms with Crippen LogP contribution in [0, 0.1) is 11.8 Å². The van der Waals surface area contributed by atoms with Gasteiger partial charge in [0.1, 0.15) is 25.4 Å². The summed E-state index contributed by atoms with van der Waals surface area (Å²) in [7, 11) is 2.78. The van der Waals surface area contributed by atoms with E-state index < -0.39 is 73.0 Å². The Hall–Kier alpha value is -7.08. The van der Waals surface area contributed by atoms with Crippen LogP contribution in [0.3, 0.4) is 0 Å². The highest BCUT2D eigenvalue weighted by atomic mass is 16.7. The minimum atomic E-state index is -1.23. The van der Waals surface area contributed by atoms with Crippen LogP contribution in [0.25, 0.3) is 31.3 Å². The molecule has 8 atom stereocenters. The Bertz CT molecular complexity index is 2220. The highest BCUT2D eigenvalue weighted by Crippen LogP contribution is 2.57. The molecule has 0 saturated carbocycles. The van der Waals surface area contributed by atoms with Crippen LogP contribution in [-0.4, -0.2) is 83.3 Å². The fourth-order valence-electron chi connectivity index (χ4n) is 7.73. The number of azide groups is 3. The number of carbonyl (C=O) groups excluding carboxylic acids is 3. The van der Waals surface area contributed by atoms with Gasteiger partial charge < -0.3 is 47.4 Å². The molecule has 0 spiro atoms. The van der Waals surface area contributed by atoms with Crippen LogP contribution in [0.2, 0.25) is 0 Å². The summed E-state index contributed by atoms with van der Waals surface area (Å²) in [5.74, 6) is -2.68. The van der Waals surface area contributed by atoms with E-state index >= 15 is 0 Å². The topological polar surface area (TPSA) is 290 Å². The Morgan fingerprint density at radius 3 is 2.29 bits per heavy atom. The van der Waals surface area contributed by atoms with Gasteiger partial charge in [0.05, 0.1) is 45.4 Å². The molecule has 1 aliphatic carbocycles. The predicted molar refractivity (Wildman–Crippen MR) is 197 cm³/mol. The summed E-state index contributed by atoms with van der Waals surface area (Å²) in [6, 6.07) is 14.7. The number of methoxy groups -OCH3 is 2. The number of hydrogen-bond acceptors (Lipinski definition) is 16. The predicted octanol–water partition coefficient (Wildman–Crippen LogP) is 6.47. The van der Waals surface area contributed by atoms with E-state index in [0.29, 0.717) is 28.2 Å². The number of fused-ring (bicyclic) bond motifs is 3. The van der Waals surface area contributed by atoms with E-state index in [2.05, 4.69) is 30.1 Å². The lowest BCUT2D eigenvalue weighted by molar-refractivity contribution is -0.255. The van der Waals surface area contributed by atoms with Crippen molar-refractivity contribution in [2.75, 3.05) is 40.7 Å². The summed E-state index contributed by atoms with van der Waals surface area (Å²) in [4.78, 5) is 47.4. The van der Waals surface area contributed by atoms with Gasteiger partial charge in [0.25, 0.3) is 0 Å². The third-order valence-electron chi connectivity index (χ3n) is 10.2. The fourth-order valence-corrected chi connectivity index (χ4v) is 7.73. The smallest absolute Gasteiger partial charge is 0.493 e. The van der Waals surface area contributed by atoms with Crippen molar-refractivity contribution >= 4 is 18.1 Å². The van der Waals surface area contributed by atoms with E-state index in [-0.39, 0.29) is 50.2 Å². The maximum atomic E-state index is 13.8. The molecule has 0 amide bonds. The zero-order chi connectivity index (χ0) is 41.5. The fraction of sp³-hybridized carbons (Fsp3) is 0.432. The van der Waals surface area contributed by atoms with Crippen LogP contribution in [-0.2, 0) is 39.9 Å². The molecule has 4 aliphatic rings. The van der Waals surface area contributed by atoms with Gasteiger partial charge in [-0.15, -0.1) is 0 Å². The van der Waals surface area contributed by atoms with Gasteiger partial charge in [-0.1, -0.05) is 45.7 Å². The van der Waals surface area contributed by atoms with E-state index in [1.54, 1.807) is 36.4 Å². The van der Waals surface area contributed by atoms with E-state index in [9.17, 15) is 19.9 Å². The third kappa shape index (κ3) is 8.47. The Balaban J connectivity index is 1.23. The lowest BCUT2D eigenvalue weighted by Crippen LogP contribution is -2.52. The molecule has 0 unspecified atom stereocenters. The normalized spacial score (nSPS) is 24.7. The summed E-state index contributed by atoms with van der Waals surface area (Å²) < 4.78 is 57.9. The van der Waals surface area contributed by atoms with Crippen LogP contribution in [0.5, 0.6) is 28.7 Å². The Labute approximate surface area is 333 Å². The van der Waals surface area contributed by atoms with E-state index in [0.717, 1.165) is 5.56 Å². The third-order valence-corrected chi connectivity index (χ3v) is 10.2. The first-order chi connectivity index (χ1) is 28.8. The van der Waals surface area contributed by atoms with Crippen LogP contribution < -0.4 is 23.7 Å². The molecule has 3 aromatic carbocycles. The Kier molecular flexibility index (Phi) is 12.3. The Morgan fingerprint density at radius 2 is 1.61 bits per heavy atom. The molecule has 0 radical (unpaired) electrons. The molecule has 22 nitrogen and oxygen atoms in total. The number of esters is 2. The van der Waals surface area contributed by atoms with E-state index in [1.807, 2.05) is 18.2 Å². The van der Waals surface area contributed by atoms with Gasteiger partial charge in [-0.05, 0) is 63.1 Å². The number of hydrogen-bond donors (Lipinski definition) is 0. The van der Waals surface area contributed by atoms with Crippen molar-refractivity contribution in [3.63, 3.8) is 0 Å². The molecule has 0 bridgehead atoms. The molecule has 0 N–H and O–H groups in total. The lowest BCUT2D eigenvalue weighted by Gasteiger charge is -2.43. The second-order valence-electron chi connectivity index (χ2n) is 13.4. The van der Waals surface area contributed by atoms with Crippen LogP contribution >= 0.6 is 0 Å². The molecule has 3 heterocycles. The largest absolute Gasteiger partial charge is 0.514 e. The van der Waals surface area contributed by atoms with Gasteiger partial charge in [0, 0.05) is 33.0 Å². The first-order valence-electron chi connectivity index (χ1n) is 18.1. The summed E-state index contributed by atoms with van der Waals surface area (Å²) >= 11 is 0. The van der Waals surface area contributed by atoms with E-state index in [4.69, 9.17) is 58.4 Å². The first-order valence-corrected chi connectivity index (χ1v) is 18.1. The number of ether oxygens (including phenoxy) is 10. The maximum Gasteiger partial charge on any atom is 0.514 e. The van der Waals surface area contributed by atoms with E-state index in [1.165, 1.54) is 14.2 Å². The zero-order valence-electron chi connectivity index (χ0n) is 31.4. The van der Waals surface area contributed by atoms with Crippen LogP contribution in [0.1, 0.15) is 40.7 Å². The molecule has 306 valence electrons. The van der Waals surface area contributed by atoms with Gasteiger partial charge in [-0.25, -0.2) is 4.79 Å². The lowest BCUT2D eigenvalue weighted by atomic mass is 9.66. The molecule has 3 aromatic rings. The second kappa shape index (κ2) is 18.0. The second-order valence-corrected chi connectivity index (χ2v) is 13.4. The quantitative estimate of drug-likeness (QED) is 0.0422. The molecule has 7 rings (SSSR count). The average molecular weight is 814 g/mol. The highest BCUT2D eigenvalue weighted by Gasteiger charge is 2.54. The van der Waals surface area contributed by atoms with Crippen molar-refractivity contribution in [2.45, 2.75) is 49.6 Å². The number of cyclic esters (lactones) is 1. The van der Waals surface area contributed by atoms with Crippen molar-refractivity contribution in [3.8, 4) is 28.7 Å². The minimum Gasteiger partial charge on any atom is -0.493 e. The van der Waals surface area contributed by atoms with Crippen molar-refractivity contribution in [3.05, 3.63) is 108 Å². The first kappa shape index (κ1) is 40.1. The number of benzene rings is 3. The minimum absolute atomic E-state index is 0.0365. The van der Waals surface area contributed by atoms with Crippen LogP contribution in [0.4, 0.5) is 4.79 Å². The van der Waals surface area contributed by atoms with Gasteiger partial charge in [-0.3, -0.25) is 9.59 Å².